The van der Waals surface area contributed by atoms with Gasteiger partial charge in [-0.25, -0.2) is 8.42 Å². The number of ether oxygens (including phenoxy) is 1. The van der Waals surface area contributed by atoms with Crippen molar-refractivity contribution < 1.29 is 35.2 Å². The summed E-state index contributed by atoms with van der Waals surface area (Å²) in [7, 11) is -4.36. The second-order valence-electron chi connectivity index (χ2n) is 10.9. The Labute approximate surface area is 270 Å². The summed E-state index contributed by atoms with van der Waals surface area (Å²) in [5.41, 5.74) is 7.31. The van der Waals surface area contributed by atoms with Crippen LogP contribution in [0.2, 0.25) is 0 Å². The fourth-order valence-electron chi connectivity index (χ4n) is 5.26. The van der Waals surface area contributed by atoms with E-state index in [1.165, 1.54) is 11.1 Å². The summed E-state index contributed by atoms with van der Waals surface area (Å²) in [5, 5.41) is 1.01. The molecule has 1 unspecified atom stereocenters. The van der Waals surface area contributed by atoms with Gasteiger partial charge < -0.3 is 14.2 Å². The number of hydrogen-bond donors (Lipinski definition) is 1. The molecule has 1 aliphatic heterocycles. The standard InChI is InChI=1S/C33H36N2O7S3/c1-4-25(21-33-35(14-8-16-41-44(36)37)29-18-23(2)24(3)19-31(29)43-33)20-32-34(15-9-17-45(38,39)40)28-22-27(12-13-30(28)42-32)26-10-6-5-7-11-26/h5-7,10-13,18-22H,4,8-9,14-17H2,1-3H3,(H-,36,37,38,39,40). The number of nitrogens with zero attached hydrogens (tertiary/aromatic N) is 2. The Bertz CT molecular complexity index is 1880. The Morgan fingerprint density at radius 1 is 1.09 bits per heavy atom. The third-order valence-corrected chi connectivity index (χ3v) is 9.95. The molecule has 4 aromatic rings. The fourth-order valence-corrected chi connectivity index (χ4v) is 7.24. The van der Waals surface area contributed by atoms with Crippen LogP contribution in [0, 0.1) is 13.8 Å². The summed E-state index contributed by atoms with van der Waals surface area (Å²) in [5.74, 6) is 0.755. The Balaban J connectivity index is 1.52. The quantitative estimate of drug-likeness (QED) is 0.0744. The molecule has 0 aliphatic carbocycles. The van der Waals surface area contributed by atoms with Crippen molar-refractivity contribution in [1.82, 2.24) is 0 Å². The van der Waals surface area contributed by atoms with Crippen LogP contribution in [0.15, 0.2) is 78.2 Å². The van der Waals surface area contributed by atoms with Crippen molar-refractivity contribution in [1.29, 1.82) is 0 Å². The van der Waals surface area contributed by atoms with Crippen molar-refractivity contribution >= 4 is 54.8 Å². The van der Waals surface area contributed by atoms with E-state index in [1.54, 1.807) is 11.3 Å². The van der Waals surface area contributed by atoms with E-state index in [1.807, 2.05) is 59.5 Å². The fraction of sp³-hybridized carbons (Fsp3) is 0.303. The van der Waals surface area contributed by atoms with E-state index >= 15 is 0 Å². The molecule has 3 aromatic carbocycles. The molecule has 0 spiro atoms. The molecule has 9 nitrogen and oxygen atoms in total. The zero-order valence-electron chi connectivity index (χ0n) is 25.4. The maximum atomic E-state index is 11.4. The Morgan fingerprint density at radius 3 is 2.56 bits per heavy atom. The minimum absolute atomic E-state index is 0.150. The van der Waals surface area contributed by atoms with E-state index in [2.05, 4.69) is 43.5 Å². The topological polar surface area (TPSA) is 120 Å². The molecule has 5 rings (SSSR count). The zero-order chi connectivity index (χ0) is 32.1. The van der Waals surface area contributed by atoms with Crippen LogP contribution in [0.25, 0.3) is 27.4 Å². The zero-order valence-corrected chi connectivity index (χ0v) is 27.8. The van der Waals surface area contributed by atoms with Crippen molar-refractivity contribution in [3.8, 4) is 16.9 Å². The van der Waals surface area contributed by atoms with Gasteiger partial charge in [0.25, 0.3) is 5.01 Å². The summed E-state index contributed by atoms with van der Waals surface area (Å²) in [6, 6.07) is 20.2. The number of benzene rings is 3. The molecule has 0 radical (unpaired) electrons. The van der Waals surface area contributed by atoms with Gasteiger partial charge in [0.15, 0.2) is 12.3 Å². The van der Waals surface area contributed by atoms with Crippen molar-refractivity contribution in [2.75, 3.05) is 23.8 Å². The molecule has 0 saturated heterocycles. The number of fused-ring (bicyclic) bond motifs is 2. The van der Waals surface area contributed by atoms with E-state index in [0.717, 1.165) is 37.6 Å². The van der Waals surface area contributed by atoms with Crippen LogP contribution in [0.5, 0.6) is 5.75 Å². The lowest BCUT2D eigenvalue weighted by Gasteiger charge is -2.19. The monoisotopic (exact) mass is 668 g/mol. The summed E-state index contributed by atoms with van der Waals surface area (Å²) < 4.78 is 68.8. The molecule has 0 saturated carbocycles. The molecule has 1 N–H and O–H groups in total. The Morgan fingerprint density at radius 2 is 1.84 bits per heavy atom. The number of hydrogen-bond acceptors (Lipinski definition) is 8. The summed E-state index contributed by atoms with van der Waals surface area (Å²) in [6.07, 6.45) is 5.49. The first-order valence-corrected chi connectivity index (χ1v) is 18.1. The third-order valence-electron chi connectivity index (χ3n) is 7.70. The van der Waals surface area contributed by atoms with E-state index in [4.69, 9.17) is 13.5 Å². The predicted molar refractivity (Wildman–Crippen MR) is 178 cm³/mol. The normalized spacial score (nSPS) is 15.1. The molecule has 0 amide bonds. The predicted octanol–water partition coefficient (Wildman–Crippen LogP) is 6.49. The minimum Gasteiger partial charge on any atom is -0.748 e. The molecular formula is C33H36N2O7S3. The molecule has 1 aliphatic rings. The van der Waals surface area contributed by atoms with Gasteiger partial charge in [0.05, 0.1) is 22.4 Å². The maximum Gasteiger partial charge on any atom is 0.301 e. The van der Waals surface area contributed by atoms with Gasteiger partial charge in [-0.2, -0.15) is 8.78 Å². The van der Waals surface area contributed by atoms with E-state index in [-0.39, 0.29) is 13.0 Å². The molecule has 12 heteroatoms. The number of anilines is 1. The van der Waals surface area contributed by atoms with Crippen molar-refractivity contribution in [3.63, 3.8) is 0 Å². The first-order valence-electron chi connectivity index (χ1n) is 14.7. The molecule has 1 aromatic heterocycles. The number of allylic oxidation sites excluding steroid dienone is 2. The number of rotatable bonds is 13. The van der Waals surface area contributed by atoms with Gasteiger partial charge in [0, 0.05) is 36.9 Å². The van der Waals surface area contributed by atoms with E-state index < -0.39 is 27.2 Å². The highest BCUT2D eigenvalue weighted by molar-refractivity contribution is 7.85. The highest BCUT2D eigenvalue weighted by Gasteiger charge is 2.27. The van der Waals surface area contributed by atoms with Gasteiger partial charge in [-0.3, -0.25) is 8.74 Å². The van der Waals surface area contributed by atoms with Crippen LogP contribution in [0.3, 0.4) is 0 Å². The second-order valence-corrected chi connectivity index (χ2v) is 14.1. The second kappa shape index (κ2) is 14.4. The Kier molecular flexibility index (Phi) is 10.5. The van der Waals surface area contributed by atoms with Gasteiger partial charge in [-0.15, -0.1) is 0 Å². The molecule has 2 heterocycles. The summed E-state index contributed by atoms with van der Waals surface area (Å²) >= 11 is -0.635. The maximum absolute atomic E-state index is 11.4. The number of aryl methyl sites for hydroxylation is 3. The van der Waals surface area contributed by atoms with Crippen molar-refractivity contribution in [3.05, 3.63) is 94.3 Å². The van der Waals surface area contributed by atoms with Gasteiger partial charge in [-0.05, 0) is 72.7 Å². The van der Waals surface area contributed by atoms with Crippen LogP contribution in [-0.4, -0.2) is 40.6 Å². The molecule has 0 fully saturated rings. The molecular weight excluding hydrogens is 633 g/mol. The van der Waals surface area contributed by atoms with Crippen LogP contribution >= 0.6 is 11.3 Å². The highest BCUT2D eigenvalue weighted by atomic mass is 32.2. The smallest absolute Gasteiger partial charge is 0.301 e. The Hall–Kier alpha value is -3.39. The lowest BCUT2D eigenvalue weighted by Crippen LogP contribution is -2.35. The first kappa shape index (κ1) is 33.0. The van der Waals surface area contributed by atoms with Crippen LogP contribution in [0.4, 0.5) is 5.69 Å². The molecule has 0 bridgehead atoms. The first-order chi connectivity index (χ1) is 21.5. The van der Waals surface area contributed by atoms with Crippen LogP contribution < -0.4 is 14.2 Å². The molecule has 1 atom stereocenters. The SMILES string of the molecule is CCC(=Cc1sc2cc(C)c(C)cc2[n+]1CCCOS(=O)O)C=C1Oc2ccc(-c3ccccc3)cc2N1CCCS(=O)(=O)[O-]. The third kappa shape index (κ3) is 8.26. The average molecular weight is 669 g/mol. The van der Waals surface area contributed by atoms with E-state index in [9.17, 15) is 17.2 Å². The molecule has 238 valence electrons. The van der Waals surface area contributed by atoms with Crippen molar-refractivity contribution in [2.45, 2.75) is 46.6 Å². The van der Waals surface area contributed by atoms with Crippen LogP contribution in [0.1, 0.15) is 42.3 Å². The lowest BCUT2D eigenvalue weighted by atomic mass is 10.0. The summed E-state index contributed by atoms with van der Waals surface area (Å²) in [4.78, 5) is 1.94. The lowest BCUT2D eigenvalue weighted by molar-refractivity contribution is -0.669. The highest BCUT2D eigenvalue weighted by Crippen LogP contribution is 2.42. The summed E-state index contributed by atoms with van der Waals surface area (Å²) in [6.45, 7) is 7.27. The van der Waals surface area contributed by atoms with Crippen LogP contribution in [-0.2, 0) is 32.2 Å². The van der Waals surface area contributed by atoms with Gasteiger partial charge in [0.2, 0.25) is 11.4 Å². The van der Waals surface area contributed by atoms with E-state index in [0.29, 0.717) is 37.6 Å². The number of aromatic nitrogens is 1. The molecule has 45 heavy (non-hydrogen) atoms. The van der Waals surface area contributed by atoms with Gasteiger partial charge in [0.1, 0.15) is 4.70 Å². The average Bonchev–Trinajstić information content (AvgIpc) is 3.50. The van der Waals surface area contributed by atoms with Gasteiger partial charge >= 0.3 is 11.4 Å². The largest absolute Gasteiger partial charge is 0.748 e. The number of thiazole rings is 1. The van der Waals surface area contributed by atoms with Crippen molar-refractivity contribution in [2.24, 2.45) is 0 Å². The van der Waals surface area contributed by atoms with Gasteiger partial charge in [-0.1, -0.05) is 54.7 Å². The minimum atomic E-state index is -4.36.